The average molecular weight is 516 g/mol. The fourth-order valence-electron chi connectivity index (χ4n) is 3.43. The van der Waals surface area contributed by atoms with Crippen LogP contribution in [0.4, 0.5) is 13.2 Å². The van der Waals surface area contributed by atoms with E-state index in [0.29, 0.717) is 11.4 Å². The number of nitrogens with one attached hydrogen (secondary N) is 1. The van der Waals surface area contributed by atoms with Gasteiger partial charge in [-0.05, 0) is 53.1 Å². The second-order valence-corrected chi connectivity index (χ2v) is 8.60. The maximum Gasteiger partial charge on any atom is 0.491 e. The zero-order valence-corrected chi connectivity index (χ0v) is 19.9. The quantitative estimate of drug-likeness (QED) is 0.209. The SMILES string of the molecule is COc1cc(/C=C(/OC(=O)C(F)(F)F)C(=O)NCc2csc3ccccc23)ccc1-n1cnc(C)c1. The van der Waals surface area contributed by atoms with Crippen LogP contribution in [0.2, 0.25) is 0 Å². The number of fused-ring (bicyclic) bond motifs is 1. The Kier molecular flexibility index (Phi) is 7.11. The highest BCUT2D eigenvalue weighted by Gasteiger charge is 2.42. The molecule has 0 radical (unpaired) electrons. The molecule has 0 aliphatic rings. The fraction of sp³-hybridized carbons (Fsp3) is 0.160. The molecule has 0 unspecified atom stereocenters. The van der Waals surface area contributed by atoms with Gasteiger partial charge in [-0.1, -0.05) is 24.3 Å². The molecule has 11 heteroatoms. The summed E-state index contributed by atoms with van der Waals surface area (Å²) in [5, 5.41) is 5.29. The third-order valence-electron chi connectivity index (χ3n) is 5.15. The van der Waals surface area contributed by atoms with Gasteiger partial charge in [0.1, 0.15) is 5.75 Å². The van der Waals surface area contributed by atoms with Gasteiger partial charge < -0.3 is 19.4 Å². The van der Waals surface area contributed by atoms with Crippen molar-refractivity contribution < 1.29 is 32.2 Å². The topological polar surface area (TPSA) is 82.5 Å². The Hall–Kier alpha value is -4.12. The van der Waals surface area contributed by atoms with Gasteiger partial charge in [0.05, 0.1) is 24.8 Å². The predicted octanol–water partition coefficient (Wildman–Crippen LogP) is 5.17. The molecule has 0 spiro atoms. The standard InChI is InChI=1S/C25H20F3N3O4S/c1-15-12-31(14-30-15)19-8-7-16(9-20(19)34-2)10-21(35-24(33)25(26,27)28)23(32)29-11-17-13-36-22-6-4-3-5-18(17)22/h3-10,12-14H,11H2,1-2H3,(H,29,32)/b21-10+. The predicted molar refractivity (Wildman–Crippen MR) is 129 cm³/mol. The fourth-order valence-corrected chi connectivity index (χ4v) is 4.40. The Morgan fingerprint density at radius 1 is 1.19 bits per heavy atom. The van der Waals surface area contributed by atoms with Crippen molar-refractivity contribution in [2.45, 2.75) is 19.6 Å². The van der Waals surface area contributed by atoms with Crippen LogP contribution in [-0.4, -0.2) is 34.7 Å². The number of alkyl halides is 3. The van der Waals surface area contributed by atoms with Gasteiger partial charge in [-0.25, -0.2) is 9.78 Å². The van der Waals surface area contributed by atoms with Gasteiger partial charge in [0.15, 0.2) is 5.76 Å². The third kappa shape index (κ3) is 5.57. The first-order chi connectivity index (χ1) is 17.2. The summed E-state index contributed by atoms with van der Waals surface area (Å²) in [6, 6.07) is 12.2. The van der Waals surface area contributed by atoms with E-state index in [0.717, 1.165) is 27.4 Å². The Bertz CT molecular complexity index is 1460. The Morgan fingerprint density at radius 3 is 2.67 bits per heavy atom. The lowest BCUT2D eigenvalue weighted by atomic mass is 10.1. The van der Waals surface area contributed by atoms with Crippen LogP contribution in [0.1, 0.15) is 16.8 Å². The van der Waals surface area contributed by atoms with Crippen molar-refractivity contribution in [1.82, 2.24) is 14.9 Å². The Balaban J connectivity index is 1.62. The van der Waals surface area contributed by atoms with Gasteiger partial charge in [0.2, 0.25) is 0 Å². The summed E-state index contributed by atoms with van der Waals surface area (Å²) in [7, 11) is 1.43. The van der Waals surface area contributed by atoms with Crippen LogP contribution >= 0.6 is 11.3 Å². The monoisotopic (exact) mass is 515 g/mol. The highest BCUT2D eigenvalue weighted by Crippen LogP contribution is 2.28. The molecule has 36 heavy (non-hydrogen) atoms. The Labute approximate surface area is 207 Å². The van der Waals surface area contributed by atoms with Crippen LogP contribution in [0.5, 0.6) is 5.75 Å². The summed E-state index contributed by atoms with van der Waals surface area (Å²) in [5.74, 6) is -3.91. The summed E-state index contributed by atoms with van der Waals surface area (Å²) in [6.07, 6.45) is -0.869. The average Bonchev–Trinajstić information content (AvgIpc) is 3.47. The lowest BCUT2D eigenvalue weighted by Gasteiger charge is -2.13. The smallest absolute Gasteiger partial charge is 0.491 e. The molecule has 1 N–H and O–H groups in total. The third-order valence-corrected chi connectivity index (χ3v) is 6.16. The first-order valence-corrected chi connectivity index (χ1v) is 11.5. The minimum Gasteiger partial charge on any atom is -0.495 e. The molecule has 0 fully saturated rings. The first-order valence-electron chi connectivity index (χ1n) is 10.6. The van der Waals surface area contributed by atoms with Crippen molar-refractivity contribution in [3.8, 4) is 11.4 Å². The number of aromatic nitrogens is 2. The van der Waals surface area contributed by atoms with E-state index in [1.165, 1.54) is 24.5 Å². The number of nitrogens with zero attached hydrogens (tertiary/aromatic N) is 2. The number of aryl methyl sites for hydroxylation is 1. The van der Waals surface area contributed by atoms with E-state index in [9.17, 15) is 22.8 Å². The molecule has 0 saturated carbocycles. The minimum atomic E-state index is -5.27. The van der Waals surface area contributed by atoms with Crippen molar-refractivity contribution in [3.05, 3.63) is 82.9 Å². The molecule has 4 rings (SSSR count). The molecular formula is C25H20F3N3O4S. The lowest BCUT2D eigenvalue weighted by Crippen LogP contribution is -2.31. The van der Waals surface area contributed by atoms with Crippen LogP contribution in [0.25, 0.3) is 21.8 Å². The van der Waals surface area contributed by atoms with E-state index in [4.69, 9.17) is 4.74 Å². The largest absolute Gasteiger partial charge is 0.495 e. The summed E-state index contributed by atoms with van der Waals surface area (Å²) >= 11 is 1.48. The normalized spacial score (nSPS) is 12.0. The molecule has 0 aliphatic carbocycles. The van der Waals surface area contributed by atoms with E-state index >= 15 is 0 Å². The van der Waals surface area contributed by atoms with E-state index < -0.39 is 23.8 Å². The maximum absolute atomic E-state index is 12.9. The second kappa shape index (κ2) is 10.2. The van der Waals surface area contributed by atoms with Gasteiger partial charge in [0, 0.05) is 17.4 Å². The van der Waals surface area contributed by atoms with Crippen molar-refractivity contribution in [2.24, 2.45) is 0 Å². The van der Waals surface area contributed by atoms with Crippen molar-refractivity contribution >= 4 is 39.4 Å². The number of halogens is 3. The number of rotatable bonds is 7. The summed E-state index contributed by atoms with van der Waals surface area (Å²) in [5.41, 5.74) is 2.47. The molecule has 0 bridgehead atoms. The summed E-state index contributed by atoms with van der Waals surface area (Å²) in [4.78, 5) is 28.5. The number of hydrogen-bond acceptors (Lipinski definition) is 6. The summed E-state index contributed by atoms with van der Waals surface area (Å²) in [6.45, 7) is 1.85. The zero-order chi connectivity index (χ0) is 25.9. The molecule has 1 amide bonds. The number of benzene rings is 2. The molecule has 2 heterocycles. The number of imidazole rings is 1. The molecule has 0 aliphatic heterocycles. The van der Waals surface area contributed by atoms with Gasteiger partial charge in [-0.15, -0.1) is 11.3 Å². The lowest BCUT2D eigenvalue weighted by molar-refractivity contribution is -0.195. The zero-order valence-electron chi connectivity index (χ0n) is 19.1. The molecule has 2 aromatic carbocycles. The van der Waals surface area contributed by atoms with Crippen molar-refractivity contribution in [2.75, 3.05) is 7.11 Å². The Morgan fingerprint density at radius 2 is 1.97 bits per heavy atom. The summed E-state index contributed by atoms with van der Waals surface area (Å²) < 4.78 is 51.3. The maximum atomic E-state index is 12.9. The van der Waals surface area contributed by atoms with E-state index in [-0.39, 0.29) is 12.1 Å². The molecule has 4 aromatic rings. The first kappa shape index (κ1) is 25.0. The van der Waals surface area contributed by atoms with Gasteiger partial charge >= 0.3 is 12.1 Å². The van der Waals surface area contributed by atoms with Crippen LogP contribution in [0.3, 0.4) is 0 Å². The number of carbonyl (C=O) groups excluding carboxylic acids is 2. The highest BCUT2D eigenvalue weighted by atomic mass is 32.1. The minimum absolute atomic E-state index is 0.0337. The van der Waals surface area contributed by atoms with E-state index in [2.05, 4.69) is 15.0 Å². The second-order valence-electron chi connectivity index (χ2n) is 7.69. The van der Waals surface area contributed by atoms with Gasteiger partial charge in [0.25, 0.3) is 5.91 Å². The highest BCUT2D eigenvalue weighted by molar-refractivity contribution is 7.17. The van der Waals surface area contributed by atoms with E-state index in [1.807, 2.05) is 36.6 Å². The van der Waals surface area contributed by atoms with Crippen LogP contribution in [0, 0.1) is 6.92 Å². The van der Waals surface area contributed by atoms with Crippen LogP contribution in [0.15, 0.2) is 66.1 Å². The number of amides is 1. The molecule has 2 aromatic heterocycles. The number of hydrogen-bond donors (Lipinski definition) is 1. The van der Waals surface area contributed by atoms with Crippen molar-refractivity contribution in [1.29, 1.82) is 0 Å². The van der Waals surface area contributed by atoms with E-state index in [1.54, 1.807) is 29.2 Å². The molecule has 0 saturated heterocycles. The molecule has 7 nitrogen and oxygen atoms in total. The van der Waals surface area contributed by atoms with Gasteiger partial charge in [-0.3, -0.25) is 4.79 Å². The van der Waals surface area contributed by atoms with Crippen LogP contribution < -0.4 is 10.1 Å². The van der Waals surface area contributed by atoms with Gasteiger partial charge in [-0.2, -0.15) is 13.2 Å². The molecule has 186 valence electrons. The number of methoxy groups -OCH3 is 1. The molecule has 0 atom stereocenters. The van der Waals surface area contributed by atoms with Crippen LogP contribution in [-0.2, 0) is 20.9 Å². The number of esters is 1. The number of carbonyl (C=O) groups is 2. The molecular weight excluding hydrogens is 495 g/mol. The van der Waals surface area contributed by atoms with Crippen molar-refractivity contribution in [3.63, 3.8) is 0 Å². The number of ether oxygens (including phenoxy) is 2. The number of thiophene rings is 1.